The van der Waals surface area contributed by atoms with Crippen molar-refractivity contribution in [2.24, 2.45) is 0 Å². The van der Waals surface area contributed by atoms with Crippen LogP contribution in [-0.2, 0) is 16.6 Å². The van der Waals surface area contributed by atoms with Gasteiger partial charge in [0.15, 0.2) is 0 Å². The Morgan fingerprint density at radius 1 is 1.00 bits per heavy atom. The molecule has 0 radical (unpaired) electrons. The molecule has 1 heterocycles. The Balaban J connectivity index is 1.77. The second kappa shape index (κ2) is 6.26. The molecular weight excluding hydrogens is 312 g/mol. The lowest BCUT2D eigenvalue weighted by molar-refractivity contribution is 0.292. The van der Waals surface area contributed by atoms with Gasteiger partial charge >= 0.3 is 0 Å². The van der Waals surface area contributed by atoms with E-state index in [-0.39, 0.29) is 10.8 Å². The number of aryl methyl sites for hydroxylation is 1. The highest BCUT2D eigenvalue weighted by molar-refractivity contribution is 7.89. The van der Waals surface area contributed by atoms with E-state index in [4.69, 9.17) is 4.74 Å². The van der Waals surface area contributed by atoms with E-state index < -0.39 is 10.0 Å². The average Bonchev–Trinajstić information content (AvgIpc) is 3.04. The lowest BCUT2D eigenvalue weighted by Crippen LogP contribution is -2.13. The third kappa shape index (κ3) is 3.43. The number of hydrogen-bond acceptors (Lipinski definition) is 4. The monoisotopic (exact) mass is 328 g/mol. The Labute approximate surface area is 135 Å². The summed E-state index contributed by atoms with van der Waals surface area (Å²) in [5.74, 6) is 0.268. The van der Waals surface area contributed by atoms with E-state index in [1.165, 1.54) is 12.3 Å². The normalized spacial score (nSPS) is 11.3. The van der Waals surface area contributed by atoms with Crippen LogP contribution in [0.5, 0.6) is 5.88 Å². The van der Waals surface area contributed by atoms with Gasteiger partial charge < -0.3 is 4.74 Å². The minimum Gasteiger partial charge on any atom is -0.472 e. The van der Waals surface area contributed by atoms with Gasteiger partial charge in [0.05, 0.1) is 4.90 Å². The summed E-state index contributed by atoms with van der Waals surface area (Å²) in [6.45, 7) is 2.24. The molecule has 23 heavy (non-hydrogen) atoms. The van der Waals surface area contributed by atoms with Crippen molar-refractivity contribution in [3.63, 3.8) is 0 Å². The fraction of sp³-hybridized carbons (Fsp3) is 0.118. The van der Waals surface area contributed by atoms with Crippen LogP contribution in [0.25, 0.3) is 0 Å². The molecule has 1 aromatic heterocycles. The predicted molar refractivity (Wildman–Crippen MR) is 86.8 cm³/mol. The van der Waals surface area contributed by atoms with E-state index >= 15 is 0 Å². The van der Waals surface area contributed by atoms with Gasteiger partial charge in [-0.25, -0.2) is 0 Å². The molecule has 3 rings (SSSR count). The van der Waals surface area contributed by atoms with Gasteiger partial charge in [-0.15, -0.1) is 5.10 Å². The van der Waals surface area contributed by atoms with Crippen LogP contribution in [0.2, 0.25) is 0 Å². The van der Waals surface area contributed by atoms with Crippen LogP contribution in [0, 0.1) is 6.92 Å². The van der Waals surface area contributed by atoms with Crippen LogP contribution in [0.3, 0.4) is 0 Å². The first kappa shape index (κ1) is 15.3. The Morgan fingerprint density at radius 2 is 1.70 bits per heavy atom. The van der Waals surface area contributed by atoms with Crippen LogP contribution in [-0.4, -0.2) is 17.6 Å². The molecule has 6 heteroatoms. The third-order valence-corrected chi connectivity index (χ3v) is 4.90. The second-order valence-corrected chi connectivity index (χ2v) is 6.91. The van der Waals surface area contributed by atoms with Gasteiger partial charge in [-0.1, -0.05) is 48.0 Å². The molecule has 3 aromatic rings. The van der Waals surface area contributed by atoms with Crippen molar-refractivity contribution in [2.45, 2.75) is 18.4 Å². The number of benzene rings is 2. The van der Waals surface area contributed by atoms with E-state index in [9.17, 15) is 8.42 Å². The fourth-order valence-electron chi connectivity index (χ4n) is 2.05. The molecule has 0 aliphatic heterocycles. The van der Waals surface area contributed by atoms with Gasteiger partial charge in [0.2, 0.25) is 5.88 Å². The first-order valence-electron chi connectivity index (χ1n) is 7.10. The molecule has 0 unspecified atom stereocenters. The summed E-state index contributed by atoms with van der Waals surface area (Å²) in [5.41, 5.74) is 1.99. The van der Waals surface area contributed by atoms with E-state index in [2.05, 4.69) is 5.10 Å². The maximum absolute atomic E-state index is 12.5. The summed E-state index contributed by atoms with van der Waals surface area (Å²) >= 11 is 0. The van der Waals surface area contributed by atoms with Crippen molar-refractivity contribution in [1.29, 1.82) is 0 Å². The molecule has 0 N–H and O–H groups in total. The number of nitrogens with zero attached hydrogens (tertiary/aromatic N) is 2. The summed E-state index contributed by atoms with van der Waals surface area (Å²) in [4.78, 5) is 0.195. The van der Waals surface area contributed by atoms with Gasteiger partial charge in [-0.05, 0) is 24.6 Å². The smallest absolute Gasteiger partial charge is 0.283 e. The van der Waals surface area contributed by atoms with Gasteiger partial charge in [0.1, 0.15) is 6.61 Å². The Bertz CT molecular complexity index is 885. The van der Waals surface area contributed by atoms with Gasteiger partial charge in [0, 0.05) is 12.3 Å². The summed E-state index contributed by atoms with van der Waals surface area (Å²) < 4.78 is 31.4. The topological polar surface area (TPSA) is 61.2 Å². The first-order valence-corrected chi connectivity index (χ1v) is 8.54. The maximum Gasteiger partial charge on any atom is 0.283 e. The highest BCUT2D eigenvalue weighted by Gasteiger charge is 2.18. The number of ether oxygens (including phenoxy) is 1. The molecular formula is C17H16N2O3S. The number of hydrogen-bond donors (Lipinski definition) is 0. The summed E-state index contributed by atoms with van der Waals surface area (Å²) in [7, 11) is -3.69. The lowest BCUT2D eigenvalue weighted by Gasteiger charge is -2.05. The van der Waals surface area contributed by atoms with Crippen molar-refractivity contribution >= 4 is 10.0 Å². The summed E-state index contributed by atoms with van der Waals surface area (Å²) in [5, 5.41) is 4.00. The van der Waals surface area contributed by atoms with Crippen molar-refractivity contribution in [2.75, 3.05) is 0 Å². The van der Waals surface area contributed by atoms with Crippen molar-refractivity contribution in [3.8, 4) is 5.88 Å². The van der Waals surface area contributed by atoms with Gasteiger partial charge in [-0.2, -0.15) is 12.5 Å². The first-order chi connectivity index (χ1) is 11.1. The molecule has 2 aromatic carbocycles. The highest BCUT2D eigenvalue weighted by atomic mass is 32.2. The molecule has 0 saturated carbocycles. The minimum atomic E-state index is -3.69. The summed E-state index contributed by atoms with van der Waals surface area (Å²) in [6.07, 6.45) is 1.38. The van der Waals surface area contributed by atoms with Crippen molar-refractivity contribution in [3.05, 3.63) is 78.0 Å². The molecule has 0 amide bonds. The molecule has 5 nitrogen and oxygen atoms in total. The van der Waals surface area contributed by atoms with Crippen molar-refractivity contribution < 1.29 is 13.2 Å². The quantitative estimate of drug-likeness (QED) is 0.722. The van der Waals surface area contributed by atoms with Crippen LogP contribution in [0.15, 0.2) is 71.8 Å². The molecule has 0 aliphatic carbocycles. The standard InChI is InChI=1S/C17H16N2O3S/c1-14-7-9-16(10-8-14)23(20,21)19-12-11-17(18-19)22-13-15-5-3-2-4-6-15/h2-12H,13H2,1H3. The zero-order chi connectivity index (χ0) is 16.3. The summed E-state index contributed by atoms with van der Waals surface area (Å²) in [6, 6.07) is 17.8. The molecule has 0 spiro atoms. The molecule has 118 valence electrons. The number of aromatic nitrogens is 2. The molecule has 0 saturated heterocycles. The van der Waals surface area contributed by atoms with Crippen LogP contribution in [0.1, 0.15) is 11.1 Å². The molecule has 0 atom stereocenters. The zero-order valence-electron chi connectivity index (χ0n) is 12.6. The maximum atomic E-state index is 12.5. The average molecular weight is 328 g/mol. The third-order valence-electron chi connectivity index (χ3n) is 3.34. The SMILES string of the molecule is Cc1ccc(S(=O)(=O)n2ccc(OCc3ccccc3)n2)cc1. The molecule has 0 aliphatic rings. The van der Waals surface area contributed by atoms with Crippen molar-refractivity contribution in [1.82, 2.24) is 9.19 Å². The van der Waals surface area contributed by atoms with E-state index in [0.29, 0.717) is 6.61 Å². The van der Waals surface area contributed by atoms with E-state index in [1.54, 1.807) is 24.3 Å². The largest absolute Gasteiger partial charge is 0.472 e. The second-order valence-electron chi connectivity index (χ2n) is 5.12. The zero-order valence-corrected chi connectivity index (χ0v) is 13.4. The fourth-order valence-corrected chi connectivity index (χ4v) is 3.16. The molecule has 0 fully saturated rings. The van der Waals surface area contributed by atoms with Gasteiger partial charge in [-0.3, -0.25) is 0 Å². The lowest BCUT2D eigenvalue weighted by atomic mass is 10.2. The Hall–Kier alpha value is -2.60. The van der Waals surface area contributed by atoms with Gasteiger partial charge in [0.25, 0.3) is 10.0 Å². The van der Waals surface area contributed by atoms with Crippen LogP contribution in [0.4, 0.5) is 0 Å². The van der Waals surface area contributed by atoms with E-state index in [0.717, 1.165) is 15.2 Å². The van der Waals surface area contributed by atoms with Crippen LogP contribution >= 0.6 is 0 Å². The number of rotatable bonds is 5. The Morgan fingerprint density at radius 3 is 2.39 bits per heavy atom. The predicted octanol–water partition coefficient (Wildman–Crippen LogP) is 3.01. The molecule has 0 bridgehead atoms. The minimum absolute atomic E-state index is 0.195. The van der Waals surface area contributed by atoms with Crippen LogP contribution < -0.4 is 4.74 Å². The Kier molecular flexibility index (Phi) is 4.16. The van der Waals surface area contributed by atoms with E-state index in [1.807, 2.05) is 37.3 Å². The highest BCUT2D eigenvalue weighted by Crippen LogP contribution is 2.17.